The maximum Gasteiger partial charge on any atom is 0.416 e. The maximum atomic E-state index is 16.4. The van der Waals surface area contributed by atoms with Gasteiger partial charge in [-0.3, -0.25) is 19.6 Å². The molecule has 0 radical (unpaired) electrons. The zero-order valence-electron chi connectivity index (χ0n) is 27.1. The van der Waals surface area contributed by atoms with Crippen LogP contribution in [-0.2, 0) is 29.3 Å². The molecule has 1 aromatic heterocycles. The van der Waals surface area contributed by atoms with Crippen LogP contribution >= 0.6 is 46.7 Å². The van der Waals surface area contributed by atoms with E-state index in [1.54, 1.807) is 37.3 Å². The molecule has 0 N–H and O–H groups in total. The summed E-state index contributed by atoms with van der Waals surface area (Å²) in [5, 5.41) is -0.288. The van der Waals surface area contributed by atoms with Crippen LogP contribution in [0.4, 0.5) is 32.0 Å². The Morgan fingerprint density at radius 3 is 2.34 bits per heavy atom. The summed E-state index contributed by atoms with van der Waals surface area (Å²) in [4.78, 5) is 35.9. The number of halogens is 8. The lowest BCUT2D eigenvalue weighted by molar-refractivity contribution is -0.157. The summed E-state index contributed by atoms with van der Waals surface area (Å²) >= 11 is 13.1. The molecule has 0 amide bonds. The van der Waals surface area contributed by atoms with Crippen molar-refractivity contribution in [2.45, 2.75) is 39.5 Å². The van der Waals surface area contributed by atoms with Crippen LogP contribution in [0.15, 0.2) is 99.8 Å². The summed E-state index contributed by atoms with van der Waals surface area (Å²) in [6.45, 7) is 1.59. The van der Waals surface area contributed by atoms with Crippen molar-refractivity contribution in [2.75, 3.05) is 6.61 Å². The molecule has 0 fully saturated rings. The topological polar surface area (TPSA) is 77.9 Å². The summed E-state index contributed by atoms with van der Waals surface area (Å²) in [7, 11) is 0. The summed E-state index contributed by atoms with van der Waals surface area (Å²) in [5.41, 5.74) is -1.79. The van der Waals surface area contributed by atoms with E-state index in [2.05, 4.69) is 9.98 Å². The highest BCUT2D eigenvalue weighted by Gasteiger charge is 2.54. The minimum atomic E-state index is -4.80. The van der Waals surface area contributed by atoms with Gasteiger partial charge in [0.15, 0.2) is 17.5 Å². The van der Waals surface area contributed by atoms with Crippen LogP contribution in [0.5, 0.6) is 0 Å². The van der Waals surface area contributed by atoms with Crippen LogP contribution in [0.25, 0.3) is 10.9 Å². The van der Waals surface area contributed by atoms with Gasteiger partial charge in [-0.25, -0.2) is 13.2 Å². The SMILES string of the molecule is CCOC(=O)CC(OC(=O)C1C=Nc2c(F)c(Cl)c(F)c(F)c2C1(Sc1ccc(Cl)cc1)Sc1cccc(C(F)(F)F)c1)c1cnc2ccccc2c1. The predicted octanol–water partition coefficient (Wildman–Crippen LogP) is 11.3. The fourth-order valence-electron chi connectivity index (χ4n) is 5.59. The molecule has 6 rings (SSSR count). The second kappa shape index (κ2) is 15.6. The number of pyridine rings is 1. The van der Waals surface area contributed by atoms with E-state index in [1.165, 1.54) is 36.5 Å². The standard InChI is InChI=1S/C37H24Cl2F6N2O4S2/c1-2-50-28(48)16-27(20-14-19-6-3-4-9-26(19)46-17-20)51-35(49)25-18-47-34-29(31(40)32(41)30(39)33(34)42)36(25,52-23-12-10-22(38)11-13-23)53-24-8-5-7-21(15-24)37(43,44)45/h3-15,17-18,25,27H,2,16H2,1H3. The van der Waals surface area contributed by atoms with Gasteiger partial charge < -0.3 is 9.47 Å². The van der Waals surface area contributed by atoms with Crippen molar-refractivity contribution in [1.82, 2.24) is 4.98 Å². The van der Waals surface area contributed by atoms with Crippen LogP contribution in [0.2, 0.25) is 10.0 Å². The van der Waals surface area contributed by atoms with Crippen molar-refractivity contribution >= 4 is 81.5 Å². The first kappa shape index (κ1) is 38.5. The third kappa shape index (κ3) is 8.01. The van der Waals surface area contributed by atoms with Crippen molar-refractivity contribution in [2.24, 2.45) is 10.9 Å². The van der Waals surface area contributed by atoms with E-state index in [1.807, 2.05) is 0 Å². The van der Waals surface area contributed by atoms with E-state index in [0.717, 1.165) is 24.4 Å². The Labute approximate surface area is 316 Å². The molecule has 16 heteroatoms. The number of aliphatic imine (C=N–C) groups is 1. The van der Waals surface area contributed by atoms with Crippen molar-refractivity contribution in [3.63, 3.8) is 0 Å². The van der Waals surface area contributed by atoms with Gasteiger partial charge in [0.05, 0.1) is 24.1 Å². The number of thioether (sulfide) groups is 2. The number of alkyl halides is 3. The first-order valence-corrected chi connectivity index (χ1v) is 18.0. The summed E-state index contributed by atoms with van der Waals surface area (Å²) < 4.78 is 98.1. The van der Waals surface area contributed by atoms with Crippen LogP contribution in [0.3, 0.4) is 0 Å². The highest BCUT2D eigenvalue weighted by Crippen LogP contribution is 2.63. The third-order valence-electron chi connectivity index (χ3n) is 8.02. The molecule has 1 aliphatic heterocycles. The normalized spacial score (nSPS) is 17.3. The quantitative estimate of drug-likeness (QED) is 0.0457. The largest absolute Gasteiger partial charge is 0.466 e. The number of carbonyl (C=O) groups excluding carboxylic acids is 2. The van der Waals surface area contributed by atoms with E-state index in [-0.39, 0.29) is 27.0 Å². The molecule has 0 bridgehead atoms. The van der Waals surface area contributed by atoms with Crippen LogP contribution in [0.1, 0.15) is 36.1 Å². The van der Waals surface area contributed by atoms with Crippen LogP contribution in [-0.4, -0.2) is 29.7 Å². The number of hydrogen-bond acceptors (Lipinski definition) is 8. The van der Waals surface area contributed by atoms with Crippen molar-refractivity contribution < 1.29 is 45.4 Å². The van der Waals surface area contributed by atoms with Gasteiger partial charge in [-0.05, 0) is 61.5 Å². The average Bonchev–Trinajstić information content (AvgIpc) is 3.13. The molecule has 4 aromatic carbocycles. The first-order valence-electron chi connectivity index (χ1n) is 15.6. The molecule has 6 nitrogen and oxygen atoms in total. The Morgan fingerprint density at radius 2 is 1.62 bits per heavy atom. The minimum Gasteiger partial charge on any atom is -0.466 e. The molecule has 3 atom stereocenters. The molecule has 5 aromatic rings. The Balaban J connectivity index is 1.55. The Hall–Kier alpha value is -4.24. The maximum absolute atomic E-state index is 16.4. The molecule has 2 heterocycles. The van der Waals surface area contributed by atoms with Crippen LogP contribution in [0, 0.1) is 23.4 Å². The fourth-order valence-corrected chi connectivity index (χ4v) is 9.09. The minimum absolute atomic E-state index is 0.00890. The van der Waals surface area contributed by atoms with E-state index in [0.29, 0.717) is 34.4 Å². The van der Waals surface area contributed by atoms with Gasteiger partial charge in [0.1, 0.15) is 26.8 Å². The van der Waals surface area contributed by atoms with Gasteiger partial charge in [-0.1, -0.05) is 47.5 Å². The fraction of sp³-hybridized carbons (Fsp3) is 0.189. The first-order chi connectivity index (χ1) is 25.2. The van der Waals surface area contributed by atoms with Gasteiger partial charge in [-0.15, -0.1) is 23.5 Å². The number of aromatic nitrogens is 1. The number of benzene rings is 4. The lowest BCUT2D eigenvalue weighted by atomic mass is 9.93. The predicted molar refractivity (Wildman–Crippen MR) is 191 cm³/mol. The molecule has 53 heavy (non-hydrogen) atoms. The Bertz CT molecular complexity index is 2240. The number of esters is 2. The second-order valence-electron chi connectivity index (χ2n) is 11.5. The van der Waals surface area contributed by atoms with Crippen LogP contribution < -0.4 is 0 Å². The van der Waals surface area contributed by atoms with Crippen molar-refractivity contribution in [3.05, 3.63) is 129 Å². The highest BCUT2D eigenvalue weighted by atomic mass is 35.5. The van der Waals surface area contributed by atoms with Gasteiger partial charge >= 0.3 is 18.1 Å². The van der Waals surface area contributed by atoms with Gasteiger partial charge in [-0.2, -0.15) is 13.2 Å². The van der Waals surface area contributed by atoms with Crippen molar-refractivity contribution in [1.29, 1.82) is 0 Å². The number of hydrogen-bond donors (Lipinski definition) is 0. The van der Waals surface area contributed by atoms with E-state index >= 15 is 13.2 Å². The molecular weight excluding hydrogens is 785 g/mol. The Kier molecular flexibility index (Phi) is 11.3. The number of carbonyl (C=O) groups is 2. The zero-order valence-corrected chi connectivity index (χ0v) is 30.2. The molecule has 1 aliphatic rings. The second-order valence-corrected chi connectivity index (χ2v) is 15.2. The number of para-hydroxylation sites is 1. The third-order valence-corrected chi connectivity index (χ3v) is 11.6. The molecule has 0 aliphatic carbocycles. The molecular formula is C37H24Cl2F6N2O4S2. The zero-order chi connectivity index (χ0) is 38.1. The summed E-state index contributed by atoms with van der Waals surface area (Å²) in [6, 6.07) is 18.4. The molecule has 274 valence electrons. The van der Waals surface area contributed by atoms with Gasteiger partial charge in [0, 0.05) is 43.7 Å². The molecule has 0 saturated carbocycles. The lowest BCUT2D eigenvalue weighted by Crippen LogP contribution is -2.40. The Morgan fingerprint density at radius 1 is 0.906 bits per heavy atom. The summed E-state index contributed by atoms with van der Waals surface area (Å²) in [5.74, 6) is -8.65. The lowest BCUT2D eigenvalue weighted by Gasteiger charge is -2.40. The smallest absolute Gasteiger partial charge is 0.416 e. The van der Waals surface area contributed by atoms with Gasteiger partial charge in [0.2, 0.25) is 0 Å². The monoisotopic (exact) mass is 808 g/mol. The number of fused-ring (bicyclic) bond motifs is 2. The molecule has 0 spiro atoms. The number of rotatable bonds is 10. The number of nitrogens with zero attached hydrogens (tertiary/aromatic N) is 2. The van der Waals surface area contributed by atoms with E-state index in [4.69, 9.17) is 32.7 Å². The average molecular weight is 810 g/mol. The van der Waals surface area contributed by atoms with E-state index < -0.39 is 79.9 Å². The number of ether oxygens (including phenoxy) is 2. The summed E-state index contributed by atoms with van der Waals surface area (Å²) in [6.07, 6.45) is -4.32. The van der Waals surface area contributed by atoms with Gasteiger partial charge in [0.25, 0.3) is 0 Å². The van der Waals surface area contributed by atoms with Crippen molar-refractivity contribution in [3.8, 4) is 0 Å². The molecule has 0 saturated heterocycles. The molecule has 3 unspecified atom stereocenters. The van der Waals surface area contributed by atoms with E-state index in [9.17, 15) is 22.8 Å². The highest BCUT2D eigenvalue weighted by molar-refractivity contribution is 8.17.